The lowest BCUT2D eigenvalue weighted by atomic mass is 10.0. The van der Waals surface area contributed by atoms with Crippen LogP contribution in [0, 0.1) is 5.92 Å². The fraction of sp³-hybridized carbons (Fsp3) is 0.846. The summed E-state index contributed by atoms with van der Waals surface area (Å²) in [7, 11) is 0. The molecule has 0 saturated carbocycles. The first-order valence-electron chi connectivity index (χ1n) is 6.74. The van der Waals surface area contributed by atoms with E-state index in [9.17, 15) is 9.59 Å². The molecule has 2 atom stereocenters. The molecule has 0 aromatic carbocycles. The normalized spacial score (nSPS) is 13.7. The summed E-state index contributed by atoms with van der Waals surface area (Å²) in [5.41, 5.74) is 0. The SMILES string of the molecule is CCCCNC(=O)NC(C)CCCC(C)C(=O)O. The topological polar surface area (TPSA) is 78.4 Å². The van der Waals surface area contributed by atoms with Crippen molar-refractivity contribution in [1.82, 2.24) is 10.6 Å². The highest BCUT2D eigenvalue weighted by Gasteiger charge is 2.12. The first kappa shape index (κ1) is 16.7. The van der Waals surface area contributed by atoms with Gasteiger partial charge in [-0.15, -0.1) is 0 Å². The van der Waals surface area contributed by atoms with Crippen molar-refractivity contribution in [1.29, 1.82) is 0 Å². The fourth-order valence-electron chi connectivity index (χ4n) is 1.58. The molecule has 0 fully saturated rings. The average molecular weight is 258 g/mol. The fourth-order valence-corrected chi connectivity index (χ4v) is 1.58. The zero-order chi connectivity index (χ0) is 14.0. The molecule has 2 amide bonds. The van der Waals surface area contributed by atoms with Crippen molar-refractivity contribution in [3.05, 3.63) is 0 Å². The number of urea groups is 1. The molecular weight excluding hydrogens is 232 g/mol. The molecule has 3 N–H and O–H groups in total. The Labute approximate surface area is 109 Å². The second kappa shape index (κ2) is 9.74. The van der Waals surface area contributed by atoms with Crippen molar-refractivity contribution in [3.8, 4) is 0 Å². The van der Waals surface area contributed by atoms with Gasteiger partial charge in [0.15, 0.2) is 0 Å². The summed E-state index contributed by atoms with van der Waals surface area (Å²) in [6.45, 7) is 6.42. The number of aliphatic carboxylic acids is 1. The van der Waals surface area contributed by atoms with E-state index in [2.05, 4.69) is 17.6 Å². The molecule has 0 aliphatic carbocycles. The molecule has 0 spiro atoms. The summed E-state index contributed by atoms with van der Waals surface area (Å²) < 4.78 is 0. The van der Waals surface area contributed by atoms with E-state index >= 15 is 0 Å². The van der Waals surface area contributed by atoms with Gasteiger partial charge in [0.05, 0.1) is 5.92 Å². The van der Waals surface area contributed by atoms with Gasteiger partial charge in [0.25, 0.3) is 0 Å². The lowest BCUT2D eigenvalue weighted by Gasteiger charge is -2.15. The van der Waals surface area contributed by atoms with Crippen molar-refractivity contribution in [2.45, 2.75) is 58.9 Å². The van der Waals surface area contributed by atoms with Gasteiger partial charge < -0.3 is 15.7 Å². The largest absolute Gasteiger partial charge is 0.481 e. The van der Waals surface area contributed by atoms with Crippen LogP contribution in [-0.4, -0.2) is 29.7 Å². The minimum absolute atomic E-state index is 0.0765. The van der Waals surface area contributed by atoms with Crippen LogP contribution in [0.3, 0.4) is 0 Å². The van der Waals surface area contributed by atoms with Crippen LogP contribution in [-0.2, 0) is 4.79 Å². The van der Waals surface area contributed by atoms with Crippen LogP contribution in [0.1, 0.15) is 52.9 Å². The van der Waals surface area contributed by atoms with Crippen LogP contribution in [0.25, 0.3) is 0 Å². The van der Waals surface area contributed by atoms with E-state index in [-0.39, 0.29) is 18.0 Å². The van der Waals surface area contributed by atoms with E-state index in [0.29, 0.717) is 13.0 Å². The predicted octanol–water partition coefficient (Wildman–Crippen LogP) is 2.37. The van der Waals surface area contributed by atoms with Crippen LogP contribution in [0.4, 0.5) is 4.79 Å². The van der Waals surface area contributed by atoms with Gasteiger partial charge in [0, 0.05) is 12.6 Å². The number of rotatable bonds is 9. The Bertz CT molecular complexity index is 257. The average Bonchev–Trinajstić information content (AvgIpc) is 2.28. The third-order valence-electron chi connectivity index (χ3n) is 2.89. The first-order valence-corrected chi connectivity index (χ1v) is 6.74. The highest BCUT2D eigenvalue weighted by atomic mass is 16.4. The second-order valence-corrected chi connectivity index (χ2v) is 4.83. The smallest absolute Gasteiger partial charge is 0.314 e. The van der Waals surface area contributed by atoms with Gasteiger partial charge in [-0.2, -0.15) is 0 Å². The van der Waals surface area contributed by atoms with E-state index in [1.54, 1.807) is 6.92 Å². The van der Waals surface area contributed by atoms with Crippen molar-refractivity contribution in [2.75, 3.05) is 6.54 Å². The number of hydrogen-bond acceptors (Lipinski definition) is 2. The number of hydrogen-bond donors (Lipinski definition) is 3. The first-order chi connectivity index (χ1) is 8.47. The summed E-state index contributed by atoms with van der Waals surface area (Å²) in [6, 6.07) is -0.0603. The molecule has 2 unspecified atom stereocenters. The number of carbonyl (C=O) groups is 2. The zero-order valence-corrected chi connectivity index (χ0v) is 11.7. The Hall–Kier alpha value is -1.26. The molecule has 0 aromatic rings. The maximum absolute atomic E-state index is 11.4. The third-order valence-corrected chi connectivity index (χ3v) is 2.89. The standard InChI is InChI=1S/C13H26N2O3/c1-4-5-9-14-13(18)15-11(3)8-6-7-10(2)12(16)17/h10-11H,4-9H2,1-3H3,(H,16,17)(H2,14,15,18). The number of carbonyl (C=O) groups excluding carboxylic acids is 1. The molecule has 0 heterocycles. The summed E-state index contributed by atoms with van der Waals surface area (Å²) in [5.74, 6) is -1.07. The predicted molar refractivity (Wildman–Crippen MR) is 71.6 cm³/mol. The molecule has 0 aliphatic heterocycles. The summed E-state index contributed by atoms with van der Waals surface area (Å²) >= 11 is 0. The van der Waals surface area contributed by atoms with Gasteiger partial charge in [-0.1, -0.05) is 26.7 Å². The quantitative estimate of drug-likeness (QED) is 0.555. The lowest BCUT2D eigenvalue weighted by Crippen LogP contribution is -2.41. The molecule has 18 heavy (non-hydrogen) atoms. The number of carboxylic acids is 1. The van der Waals surface area contributed by atoms with Gasteiger partial charge in [-0.05, 0) is 26.2 Å². The Kier molecular flexibility index (Phi) is 9.06. The molecule has 106 valence electrons. The maximum Gasteiger partial charge on any atom is 0.314 e. The lowest BCUT2D eigenvalue weighted by molar-refractivity contribution is -0.141. The molecule has 0 radical (unpaired) electrons. The molecule has 0 bridgehead atoms. The van der Waals surface area contributed by atoms with E-state index in [4.69, 9.17) is 5.11 Å². The number of nitrogens with one attached hydrogen (secondary N) is 2. The van der Waals surface area contributed by atoms with Crippen LogP contribution >= 0.6 is 0 Å². The summed E-state index contributed by atoms with van der Waals surface area (Å²) in [6.07, 6.45) is 4.31. The molecule has 0 aromatic heterocycles. The highest BCUT2D eigenvalue weighted by Crippen LogP contribution is 2.09. The molecular formula is C13H26N2O3. The van der Waals surface area contributed by atoms with Gasteiger partial charge in [-0.3, -0.25) is 4.79 Å². The molecule has 0 saturated heterocycles. The van der Waals surface area contributed by atoms with E-state index in [1.165, 1.54) is 0 Å². The van der Waals surface area contributed by atoms with Crippen LogP contribution in [0.2, 0.25) is 0 Å². The number of amides is 2. The van der Waals surface area contributed by atoms with E-state index < -0.39 is 5.97 Å². The van der Waals surface area contributed by atoms with Crippen molar-refractivity contribution in [2.24, 2.45) is 5.92 Å². The molecule has 5 heteroatoms. The van der Waals surface area contributed by atoms with Crippen molar-refractivity contribution < 1.29 is 14.7 Å². The Morgan fingerprint density at radius 1 is 1.17 bits per heavy atom. The molecule has 0 aliphatic rings. The number of carboxylic acid groups (broad SMARTS) is 1. The van der Waals surface area contributed by atoms with Crippen LogP contribution in [0.5, 0.6) is 0 Å². The highest BCUT2D eigenvalue weighted by molar-refractivity contribution is 5.74. The minimum atomic E-state index is -0.757. The third kappa shape index (κ3) is 8.84. The minimum Gasteiger partial charge on any atom is -0.481 e. The van der Waals surface area contributed by atoms with Crippen LogP contribution in [0.15, 0.2) is 0 Å². The van der Waals surface area contributed by atoms with E-state index in [0.717, 1.165) is 25.7 Å². The Morgan fingerprint density at radius 3 is 2.39 bits per heavy atom. The molecule has 0 rings (SSSR count). The van der Waals surface area contributed by atoms with Crippen molar-refractivity contribution in [3.63, 3.8) is 0 Å². The summed E-state index contributed by atoms with van der Waals surface area (Å²) in [5, 5.41) is 14.4. The molecule has 5 nitrogen and oxygen atoms in total. The van der Waals surface area contributed by atoms with Crippen LogP contribution < -0.4 is 10.6 Å². The maximum atomic E-state index is 11.4. The Balaban J connectivity index is 3.61. The van der Waals surface area contributed by atoms with Crippen molar-refractivity contribution >= 4 is 12.0 Å². The van der Waals surface area contributed by atoms with Gasteiger partial charge in [-0.25, -0.2) is 4.79 Å². The van der Waals surface area contributed by atoms with Gasteiger partial charge in [0.1, 0.15) is 0 Å². The second-order valence-electron chi connectivity index (χ2n) is 4.83. The van der Waals surface area contributed by atoms with Gasteiger partial charge in [0.2, 0.25) is 0 Å². The van der Waals surface area contributed by atoms with Gasteiger partial charge >= 0.3 is 12.0 Å². The number of unbranched alkanes of at least 4 members (excludes halogenated alkanes) is 1. The Morgan fingerprint density at radius 2 is 1.83 bits per heavy atom. The zero-order valence-electron chi connectivity index (χ0n) is 11.7. The summed E-state index contributed by atoms with van der Waals surface area (Å²) in [4.78, 5) is 22.0. The van der Waals surface area contributed by atoms with E-state index in [1.807, 2.05) is 6.92 Å². The monoisotopic (exact) mass is 258 g/mol.